The lowest BCUT2D eigenvalue weighted by Crippen LogP contribution is -2.34. The van der Waals surface area contributed by atoms with E-state index in [0.29, 0.717) is 23.9 Å². The van der Waals surface area contributed by atoms with E-state index in [4.69, 9.17) is 14.8 Å². The van der Waals surface area contributed by atoms with Crippen LogP contribution in [0.3, 0.4) is 0 Å². The van der Waals surface area contributed by atoms with Crippen molar-refractivity contribution in [1.29, 1.82) is 0 Å². The maximum atomic E-state index is 9.15. The van der Waals surface area contributed by atoms with Crippen molar-refractivity contribution in [3.63, 3.8) is 0 Å². The first kappa shape index (κ1) is 16.3. The molecule has 1 saturated carbocycles. The molecule has 5 heteroatoms. The smallest absolute Gasteiger partial charge is 0.488 e. The van der Waals surface area contributed by atoms with Crippen molar-refractivity contribution in [1.82, 2.24) is 4.90 Å². The second kappa shape index (κ2) is 8.42. The summed E-state index contributed by atoms with van der Waals surface area (Å²) in [6, 6.07) is 7.66. The van der Waals surface area contributed by atoms with Crippen LogP contribution in [0.1, 0.15) is 38.5 Å². The van der Waals surface area contributed by atoms with Crippen LogP contribution < -0.4 is 10.2 Å². The third-order valence-electron chi connectivity index (χ3n) is 4.32. The Morgan fingerprint density at radius 1 is 1.19 bits per heavy atom. The highest BCUT2D eigenvalue weighted by Crippen LogP contribution is 2.20. The number of rotatable bonds is 6. The van der Waals surface area contributed by atoms with E-state index >= 15 is 0 Å². The zero-order valence-corrected chi connectivity index (χ0v) is 12.9. The van der Waals surface area contributed by atoms with Crippen molar-refractivity contribution in [3.05, 3.63) is 24.3 Å². The van der Waals surface area contributed by atoms with E-state index in [2.05, 4.69) is 11.9 Å². The fourth-order valence-corrected chi connectivity index (χ4v) is 2.95. The second-order valence-electron chi connectivity index (χ2n) is 5.92. The fraction of sp³-hybridized carbons (Fsp3) is 0.625. The molecule has 1 fully saturated rings. The van der Waals surface area contributed by atoms with Gasteiger partial charge in [0.05, 0.1) is 0 Å². The monoisotopic (exact) mass is 291 g/mol. The lowest BCUT2D eigenvalue weighted by Gasteiger charge is -2.26. The topological polar surface area (TPSA) is 52.9 Å². The highest BCUT2D eigenvalue weighted by atomic mass is 16.5. The van der Waals surface area contributed by atoms with Gasteiger partial charge in [-0.05, 0) is 37.5 Å². The first-order chi connectivity index (χ1) is 10.2. The van der Waals surface area contributed by atoms with Crippen molar-refractivity contribution in [2.45, 2.75) is 44.6 Å². The van der Waals surface area contributed by atoms with Crippen molar-refractivity contribution < 1.29 is 14.8 Å². The van der Waals surface area contributed by atoms with Gasteiger partial charge in [-0.1, -0.05) is 37.8 Å². The Morgan fingerprint density at radius 3 is 2.57 bits per heavy atom. The fourth-order valence-electron chi connectivity index (χ4n) is 2.95. The van der Waals surface area contributed by atoms with E-state index in [1.165, 1.54) is 38.5 Å². The largest absolute Gasteiger partial charge is 0.492 e. The zero-order chi connectivity index (χ0) is 15.1. The molecule has 0 saturated heterocycles. The Bertz CT molecular complexity index is 420. The summed E-state index contributed by atoms with van der Waals surface area (Å²) in [6.45, 7) is 1.52. The molecule has 4 nitrogen and oxygen atoms in total. The van der Waals surface area contributed by atoms with Gasteiger partial charge < -0.3 is 19.7 Å². The molecule has 0 atom stereocenters. The van der Waals surface area contributed by atoms with E-state index in [-0.39, 0.29) is 0 Å². The zero-order valence-electron chi connectivity index (χ0n) is 12.9. The number of hydrogen-bond donors (Lipinski definition) is 2. The summed E-state index contributed by atoms with van der Waals surface area (Å²) in [4.78, 5) is 2.40. The van der Waals surface area contributed by atoms with Crippen molar-refractivity contribution in [2.75, 3.05) is 20.2 Å². The minimum atomic E-state index is -1.44. The molecule has 116 valence electrons. The van der Waals surface area contributed by atoms with E-state index in [1.54, 1.807) is 18.2 Å². The molecular formula is C16H26BNO3. The summed E-state index contributed by atoms with van der Waals surface area (Å²) in [5.74, 6) is 0.690. The molecule has 0 amide bonds. The Balaban J connectivity index is 1.76. The molecule has 1 aromatic carbocycles. The second-order valence-corrected chi connectivity index (χ2v) is 5.92. The maximum Gasteiger partial charge on any atom is 0.488 e. The number of nitrogens with zero attached hydrogens (tertiary/aromatic N) is 1. The maximum absolute atomic E-state index is 9.15. The van der Waals surface area contributed by atoms with Gasteiger partial charge in [0.1, 0.15) is 12.4 Å². The Labute approximate surface area is 127 Å². The molecular weight excluding hydrogens is 265 g/mol. The number of benzene rings is 1. The Hall–Kier alpha value is -1.04. The standard InChI is InChI=1S/C16H26BNO3/c1-18(15-8-4-2-3-5-9-15)11-12-21-16-10-6-7-14(13-16)17(19)20/h6-7,10,13,15,19-20H,2-5,8-9,11-12H2,1H3. The molecule has 2 N–H and O–H groups in total. The highest BCUT2D eigenvalue weighted by Gasteiger charge is 2.16. The molecule has 2 rings (SSSR count). The molecule has 0 unspecified atom stereocenters. The molecule has 0 heterocycles. The molecule has 1 aromatic rings. The van der Waals surface area contributed by atoms with Gasteiger partial charge in [0.25, 0.3) is 0 Å². The molecule has 0 spiro atoms. The summed E-state index contributed by atoms with van der Waals surface area (Å²) in [5.41, 5.74) is 0.463. The van der Waals surface area contributed by atoms with E-state index in [9.17, 15) is 0 Å². The van der Waals surface area contributed by atoms with Crippen molar-refractivity contribution >= 4 is 12.6 Å². The van der Waals surface area contributed by atoms with E-state index < -0.39 is 7.12 Å². The van der Waals surface area contributed by atoms with Crippen molar-refractivity contribution in [3.8, 4) is 5.75 Å². The third kappa shape index (κ3) is 5.34. The van der Waals surface area contributed by atoms with Crippen LogP contribution in [0.4, 0.5) is 0 Å². The molecule has 0 aromatic heterocycles. The predicted octanol–water partition coefficient (Wildman–Crippen LogP) is 1.40. The summed E-state index contributed by atoms with van der Waals surface area (Å²) in [6.07, 6.45) is 8.01. The van der Waals surface area contributed by atoms with Gasteiger partial charge in [-0.15, -0.1) is 0 Å². The predicted molar refractivity (Wildman–Crippen MR) is 85.9 cm³/mol. The quantitative estimate of drug-likeness (QED) is 0.614. The minimum Gasteiger partial charge on any atom is -0.492 e. The van der Waals surface area contributed by atoms with Gasteiger partial charge in [0, 0.05) is 12.6 Å². The van der Waals surface area contributed by atoms with Gasteiger partial charge in [0.15, 0.2) is 0 Å². The van der Waals surface area contributed by atoms with Crippen LogP contribution in [0, 0.1) is 0 Å². The van der Waals surface area contributed by atoms with Crippen molar-refractivity contribution in [2.24, 2.45) is 0 Å². The molecule has 1 aliphatic rings. The average molecular weight is 291 g/mol. The third-order valence-corrected chi connectivity index (χ3v) is 4.32. The summed E-state index contributed by atoms with van der Waals surface area (Å²) in [5, 5.41) is 18.3. The number of ether oxygens (including phenoxy) is 1. The lowest BCUT2D eigenvalue weighted by molar-refractivity contribution is 0.178. The molecule has 1 aliphatic carbocycles. The minimum absolute atomic E-state index is 0.463. The summed E-state index contributed by atoms with van der Waals surface area (Å²) >= 11 is 0. The molecule has 21 heavy (non-hydrogen) atoms. The summed E-state index contributed by atoms with van der Waals surface area (Å²) < 4.78 is 5.73. The molecule has 0 radical (unpaired) electrons. The Morgan fingerprint density at radius 2 is 1.90 bits per heavy atom. The summed E-state index contributed by atoms with van der Waals surface area (Å²) in [7, 11) is 0.731. The molecule has 0 aliphatic heterocycles. The van der Waals surface area contributed by atoms with Crippen LogP contribution in [-0.4, -0.2) is 48.3 Å². The Kier molecular flexibility index (Phi) is 6.55. The van der Waals surface area contributed by atoms with Crippen LogP contribution in [0.2, 0.25) is 0 Å². The van der Waals surface area contributed by atoms with Gasteiger partial charge in [-0.3, -0.25) is 0 Å². The average Bonchev–Trinajstić information content (AvgIpc) is 2.76. The van der Waals surface area contributed by atoms with E-state index in [1.807, 2.05) is 6.07 Å². The number of likely N-dealkylation sites (N-methyl/N-ethyl adjacent to an activating group) is 1. The highest BCUT2D eigenvalue weighted by molar-refractivity contribution is 6.58. The van der Waals surface area contributed by atoms with Crippen LogP contribution in [0.25, 0.3) is 0 Å². The van der Waals surface area contributed by atoms with Gasteiger partial charge in [-0.25, -0.2) is 0 Å². The van der Waals surface area contributed by atoms with Crippen LogP contribution in [0.15, 0.2) is 24.3 Å². The first-order valence-electron chi connectivity index (χ1n) is 7.96. The molecule has 0 bridgehead atoms. The van der Waals surface area contributed by atoms with Gasteiger partial charge in [0.2, 0.25) is 0 Å². The van der Waals surface area contributed by atoms with Crippen LogP contribution in [0.5, 0.6) is 5.75 Å². The normalized spacial score (nSPS) is 16.8. The number of hydrogen-bond acceptors (Lipinski definition) is 4. The van der Waals surface area contributed by atoms with Gasteiger partial charge in [-0.2, -0.15) is 0 Å². The van der Waals surface area contributed by atoms with Crippen LogP contribution >= 0.6 is 0 Å². The first-order valence-corrected chi connectivity index (χ1v) is 7.96. The van der Waals surface area contributed by atoms with E-state index in [0.717, 1.165) is 6.54 Å². The van der Waals surface area contributed by atoms with Gasteiger partial charge >= 0.3 is 7.12 Å². The lowest BCUT2D eigenvalue weighted by atomic mass is 9.80. The van der Waals surface area contributed by atoms with Crippen LogP contribution in [-0.2, 0) is 0 Å². The SMILES string of the molecule is CN(CCOc1cccc(B(O)O)c1)C1CCCCCC1.